The first-order valence-corrected chi connectivity index (χ1v) is 13.9. The molecule has 10 heteroatoms. The van der Waals surface area contributed by atoms with Crippen LogP contribution in [0, 0.1) is 5.82 Å². The second-order valence-electron chi connectivity index (χ2n) is 10.2. The summed E-state index contributed by atoms with van der Waals surface area (Å²) in [6.07, 6.45) is 0.308. The van der Waals surface area contributed by atoms with Gasteiger partial charge in [0.2, 0.25) is 0 Å². The predicted molar refractivity (Wildman–Crippen MR) is 148 cm³/mol. The molecule has 2 aliphatic rings. The summed E-state index contributed by atoms with van der Waals surface area (Å²) >= 11 is 6.28. The molecule has 4 nitrogen and oxygen atoms in total. The summed E-state index contributed by atoms with van der Waals surface area (Å²) in [6.45, 7) is 2.00. The number of phenols is 1. The van der Waals surface area contributed by atoms with Gasteiger partial charge in [-0.15, -0.1) is 13.2 Å². The third-order valence-electron chi connectivity index (χ3n) is 7.38. The lowest BCUT2D eigenvalue weighted by Gasteiger charge is -2.19. The lowest BCUT2D eigenvalue weighted by atomic mass is 9.89. The van der Waals surface area contributed by atoms with E-state index in [4.69, 9.17) is 16.3 Å². The van der Waals surface area contributed by atoms with Crippen LogP contribution in [0.4, 0.5) is 22.0 Å². The number of phenolic OH excluding ortho intramolecular Hbond substituents is 1. The minimum Gasteiger partial charge on any atom is -0.504 e. The second-order valence-corrected chi connectivity index (χ2v) is 10.6. The topological polar surface area (TPSA) is 41.9 Å². The van der Waals surface area contributed by atoms with Crippen LogP contribution in [-0.4, -0.2) is 48.8 Å². The summed E-state index contributed by atoms with van der Waals surface area (Å²) in [5, 5.41) is 10.6. The van der Waals surface area contributed by atoms with Gasteiger partial charge in [0.25, 0.3) is 0 Å². The molecule has 0 bridgehead atoms. The highest BCUT2D eigenvalue weighted by Gasteiger charge is 2.31. The van der Waals surface area contributed by atoms with E-state index in [1.807, 2.05) is 30.3 Å². The maximum atomic E-state index is 15.6. The number of hydrogen-bond donors (Lipinski definition) is 1. The summed E-state index contributed by atoms with van der Waals surface area (Å²) < 4.78 is 76.1. The monoisotopic (exact) mass is 593 g/mol. The molecule has 0 radical (unpaired) electrons. The first-order chi connectivity index (χ1) is 19.6. The van der Waals surface area contributed by atoms with Gasteiger partial charge in [-0.05, 0) is 90.8 Å². The molecule has 1 aliphatic carbocycles. The molecule has 1 atom stereocenters. The molecule has 0 amide bonds. The third kappa shape index (κ3) is 6.79. The van der Waals surface area contributed by atoms with Gasteiger partial charge in [-0.3, -0.25) is 9.29 Å². The Hall–Kier alpha value is -3.30. The average Bonchev–Trinajstić information content (AvgIpc) is 3.26. The number of halogens is 6. The van der Waals surface area contributed by atoms with Gasteiger partial charge in [0.05, 0.1) is 11.7 Å². The zero-order valence-electron chi connectivity index (χ0n) is 22.1. The van der Waals surface area contributed by atoms with Crippen molar-refractivity contribution < 1.29 is 36.5 Å². The summed E-state index contributed by atoms with van der Waals surface area (Å²) in [4.78, 5) is 2.19. The molecule has 1 N–H and O–H groups in total. The van der Waals surface area contributed by atoms with Crippen LogP contribution in [0.3, 0.4) is 0 Å². The van der Waals surface area contributed by atoms with Crippen molar-refractivity contribution in [3.8, 4) is 28.4 Å². The summed E-state index contributed by atoms with van der Waals surface area (Å²) in [5.74, 6) is -1.22. The Morgan fingerprint density at radius 3 is 2.46 bits per heavy atom. The Bertz CT molecular complexity index is 1420. The number of fused-ring (bicyclic) bond motifs is 1. The van der Waals surface area contributed by atoms with E-state index in [9.17, 15) is 22.7 Å². The van der Waals surface area contributed by atoms with E-state index in [1.54, 1.807) is 6.07 Å². The summed E-state index contributed by atoms with van der Waals surface area (Å²) in [7, 11) is 0. The molecule has 0 saturated carbocycles. The number of allylic oxidation sites excluding steroid dienone is 1. The van der Waals surface area contributed by atoms with Crippen LogP contribution in [0.25, 0.3) is 16.7 Å². The van der Waals surface area contributed by atoms with Crippen LogP contribution in [0.2, 0.25) is 5.02 Å². The molecule has 1 saturated heterocycles. The SMILES string of the molecule is Oc1c(-c2ccc(OC(F)(F)F)cc2Cl)cc2c(c1F)CCCC=C2c1ccc(O[C@H]2CCN(CCCF)C2)cc1. The lowest BCUT2D eigenvalue weighted by molar-refractivity contribution is -0.274. The number of nitrogens with zero attached hydrogens (tertiary/aromatic N) is 1. The van der Waals surface area contributed by atoms with Crippen molar-refractivity contribution in [1.82, 2.24) is 4.90 Å². The molecular weight excluding hydrogens is 565 g/mol. The van der Waals surface area contributed by atoms with Gasteiger partial charge in [-0.2, -0.15) is 0 Å². The fraction of sp³-hybridized carbons (Fsp3) is 0.355. The van der Waals surface area contributed by atoms with E-state index in [0.717, 1.165) is 42.8 Å². The number of likely N-dealkylation sites (tertiary alicyclic amines) is 1. The standard InChI is InChI=1S/C31H29ClF5NO3/c32-28-16-21(41-31(35,36)37)10-11-24(28)27-17-26-23(4-1-2-5-25(26)29(34)30(27)39)19-6-8-20(9-7-19)40-22-12-15-38(18-22)14-3-13-33/h4,6-11,16-17,22,39H,1-3,5,12-15,18H2/t22-/m0/s1. The highest BCUT2D eigenvalue weighted by molar-refractivity contribution is 6.33. The van der Waals surface area contributed by atoms with E-state index < -0.39 is 23.7 Å². The highest BCUT2D eigenvalue weighted by atomic mass is 35.5. The average molecular weight is 594 g/mol. The highest BCUT2D eigenvalue weighted by Crippen LogP contribution is 2.44. The van der Waals surface area contributed by atoms with Crippen molar-refractivity contribution >= 4 is 17.2 Å². The van der Waals surface area contributed by atoms with Crippen LogP contribution in [0.5, 0.6) is 17.2 Å². The van der Waals surface area contributed by atoms with Crippen LogP contribution in [-0.2, 0) is 6.42 Å². The molecule has 41 heavy (non-hydrogen) atoms. The van der Waals surface area contributed by atoms with Gasteiger partial charge < -0.3 is 14.6 Å². The minimum absolute atomic E-state index is 0.0237. The minimum atomic E-state index is -4.89. The zero-order chi connectivity index (χ0) is 29.1. The van der Waals surface area contributed by atoms with Crippen molar-refractivity contribution in [1.29, 1.82) is 0 Å². The van der Waals surface area contributed by atoms with E-state index in [2.05, 4.69) is 9.64 Å². The van der Waals surface area contributed by atoms with Crippen molar-refractivity contribution in [2.75, 3.05) is 26.3 Å². The van der Waals surface area contributed by atoms with Crippen LogP contribution in [0.1, 0.15) is 42.4 Å². The predicted octanol–water partition coefficient (Wildman–Crippen LogP) is 8.33. The number of hydrogen-bond acceptors (Lipinski definition) is 4. The van der Waals surface area contributed by atoms with Gasteiger partial charge in [0.15, 0.2) is 11.6 Å². The van der Waals surface area contributed by atoms with Gasteiger partial charge in [0, 0.05) is 30.8 Å². The van der Waals surface area contributed by atoms with Gasteiger partial charge in [-0.1, -0.05) is 29.8 Å². The number of ether oxygens (including phenoxy) is 2. The number of benzene rings is 3. The Kier molecular flexibility index (Phi) is 8.75. The van der Waals surface area contributed by atoms with Gasteiger partial charge in [-0.25, -0.2) is 4.39 Å². The summed E-state index contributed by atoms with van der Waals surface area (Å²) in [5.41, 5.74) is 2.78. The molecule has 0 aromatic heterocycles. The van der Waals surface area contributed by atoms with E-state index >= 15 is 4.39 Å². The Labute approximate surface area is 240 Å². The number of rotatable bonds is 8. The van der Waals surface area contributed by atoms with E-state index in [-0.39, 0.29) is 28.9 Å². The quantitative estimate of drug-likeness (QED) is 0.267. The number of aromatic hydroxyl groups is 1. The molecule has 0 unspecified atom stereocenters. The van der Waals surface area contributed by atoms with E-state index in [1.165, 1.54) is 6.07 Å². The normalized spacial score (nSPS) is 17.6. The largest absolute Gasteiger partial charge is 0.573 e. The fourth-order valence-corrected chi connectivity index (χ4v) is 5.75. The van der Waals surface area contributed by atoms with Crippen LogP contribution in [0.15, 0.2) is 54.6 Å². The molecule has 1 heterocycles. The van der Waals surface area contributed by atoms with Crippen LogP contribution >= 0.6 is 11.6 Å². The zero-order valence-corrected chi connectivity index (χ0v) is 22.9. The van der Waals surface area contributed by atoms with Gasteiger partial charge in [0.1, 0.15) is 17.6 Å². The molecule has 5 rings (SSSR count). The van der Waals surface area contributed by atoms with Crippen LogP contribution < -0.4 is 9.47 Å². The number of alkyl halides is 4. The van der Waals surface area contributed by atoms with Crippen molar-refractivity contribution in [3.05, 3.63) is 82.1 Å². The lowest BCUT2D eigenvalue weighted by Crippen LogP contribution is -2.26. The van der Waals surface area contributed by atoms with Crippen molar-refractivity contribution in [2.24, 2.45) is 0 Å². The first kappa shape index (κ1) is 29.2. The first-order valence-electron chi connectivity index (χ1n) is 13.5. The maximum absolute atomic E-state index is 15.6. The smallest absolute Gasteiger partial charge is 0.504 e. The van der Waals surface area contributed by atoms with Gasteiger partial charge >= 0.3 is 6.36 Å². The van der Waals surface area contributed by atoms with Crippen molar-refractivity contribution in [2.45, 2.75) is 44.6 Å². The maximum Gasteiger partial charge on any atom is 0.573 e. The molecule has 0 spiro atoms. The molecule has 218 valence electrons. The molecule has 3 aromatic carbocycles. The fourth-order valence-electron chi connectivity index (χ4n) is 5.47. The summed E-state index contributed by atoms with van der Waals surface area (Å²) in [6, 6.07) is 12.5. The van der Waals surface area contributed by atoms with Crippen molar-refractivity contribution in [3.63, 3.8) is 0 Å². The Balaban J connectivity index is 1.42. The Morgan fingerprint density at radius 2 is 1.76 bits per heavy atom. The molecule has 1 aliphatic heterocycles. The molecule has 3 aromatic rings. The molecule has 1 fully saturated rings. The Morgan fingerprint density at radius 1 is 1.00 bits per heavy atom. The molecular formula is C31H29ClF5NO3. The second kappa shape index (κ2) is 12.3. The third-order valence-corrected chi connectivity index (χ3v) is 7.69. The van der Waals surface area contributed by atoms with E-state index in [0.29, 0.717) is 49.1 Å².